The van der Waals surface area contributed by atoms with Crippen molar-refractivity contribution in [2.75, 3.05) is 6.26 Å². The number of rotatable bonds is 5. The molecule has 0 atom stereocenters. The molecule has 0 aliphatic heterocycles. The number of hydrogen-bond acceptors (Lipinski definition) is 1. The molecule has 6 rings (SSSR count). The Morgan fingerprint density at radius 2 is 0.971 bits per heavy atom. The molecular formula is C32H26SSi. The molecule has 1 aliphatic rings. The van der Waals surface area contributed by atoms with Crippen LogP contribution >= 0.6 is 11.8 Å². The predicted octanol–water partition coefficient (Wildman–Crippen LogP) is 5.36. The zero-order valence-electron chi connectivity index (χ0n) is 19.2. The molecule has 0 N–H and O–H groups in total. The van der Waals surface area contributed by atoms with Crippen molar-refractivity contribution in [3.05, 3.63) is 139 Å². The van der Waals surface area contributed by atoms with E-state index in [0.29, 0.717) is 0 Å². The van der Waals surface area contributed by atoms with Gasteiger partial charge in [-0.2, -0.15) is 0 Å². The van der Waals surface area contributed by atoms with Crippen molar-refractivity contribution < 1.29 is 0 Å². The molecule has 34 heavy (non-hydrogen) atoms. The first kappa shape index (κ1) is 21.2. The zero-order chi connectivity index (χ0) is 23.0. The highest BCUT2D eigenvalue weighted by Gasteiger charge is 2.41. The average molecular weight is 471 g/mol. The highest BCUT2D eigenvalue weighted by molar-refractivity contribution is 7.98. The second-order valence-electron chi connectivity index (χ2n) is 8.92. The molecule has 0 saturated carbocycles. The second kappa shape index (κ2) is 8.79. The maximum Gasteiger partial charge on any atom is 0.179 e. The van der Waals surface area contributed by atoms with Crippen LogP contribution in [0.1, 0.15) is 11.1 Å². The van der Waals surface area contributed by atoms with Crippen molar-refractivity contribution in [2.45, 2.75) is 11.3 Å². The summed E-state index contributed by atoms with van der Waals surface area (Å²) >= 11 is 1.82. The monoisotopic (exact) mass is 470 g/mol. The van der Waals surface area contributed by atoms with Crippen LogP contribution in [0.3, 0.4) is 0 Å². The lowest BCUT2D eigenvalue weighted by molar-refractivity contribution is 1.25. The van der Waals surface area contributed by atoms with Crippen LogP contribution in [0.25, 0.3) is 11.1 Å². The van der Waals surface area contributed by atoms with E-state index < -0.39 is 8.07 Å². The minimum atomic E-state index is -2.49. The molecule has 0 bridgehead atoms. The molecule has 0 nitrogen and oxygen atoms in total. The van der Waals surface area contributed by atoms with Crippen molar-refractivity contribution in [3.63, 3.8) is 0 Å². The predicted molar refractivity (Wildman–Crippen MR) is 150 cm³/mol. The smallest absolute Gasteiger partial charge is 0.130 e. The fourth-order valence-electron chi connectivity index (χ4n) is 5.57. The van der Waals surface area contributed by atoms with Crippen molar-refractivity contribution in [3.8, 4) is 11.1 Å². The summed E-state index contributed by atoms with van der Waals surface area (Å²) in [4.78, 5) is 1.33. The molecule has 0 fully saturated rings. The Bertz CT molecular complexity index is 1350. The van der Waals surface area contributed by atoms with E-state index in [1.807, 2.05) is 11.8 Å². The van der Waals surface area contributed by atoms with Gasteiger partial charge in [-0.3, -0.25) is 0 Å². The molecule has 0 spiro atoms. The summed E-state index contributed by atoms with van der Waals surface area (Å²) in [6, 6.07) is 47.8. The molecule has 0 aromatic heterocycles. The van der Waals surface area contributed by atoms with E-state index in [0.717, 1.165) is 6.42 Å². The Balaban J connectivity index is 1.68. The molecule has 0 saturated heterocycles. The van der Waals surface area contributed by atoms with Gasteiger partial charge in [-0.25, -0.2) is 0 Å². The summed E-state index contributed by atoms with van der Waals surface area (Å²) in [5.41, 5.74) is 5.69. The van der Waals surface area contributed by atoms with Gasteiger partial charge in [0.25, 0.3) is 0 Å². The lowest BCUT2D eigenvalue weighted by Crippen LogP contribution is -2.74. The number of thioether (sulfide) groups is 1. The molecule has 164 valence electrons. The van der Waals surface area contributed by atoms with Gasteiger partial charge in [0.05, 0.1) is 0 Å². The largest absolute Gasteiger partial charge is 0.179 e. The molecule has 0 heterocycles. The van der Waals surface area contributed by atoms with Crippen molar-refractivity contribution in [1.29, 1.82) is 0 Å². The second-order valence-corrected chi connectivity index (χ2v) is 13.6. The lowest BCUT2D eigenvalue weighted by Gasteiger charge is -2.34. The summed E-state index contributed by atoms with van der Waals surface area (Å²) in [6.07, 6.45) is 3.18. The van der Waals surface area contributed by atoms with Crippen LogP contribution in [0.15, 0.2) is 132 Å². The van der Waals surface area contributed by atoms with E-state index in [4.69, 9.17) is 0 Å². The van der Waals surface area contributed by atoms with Gasteiger partial charge in [0.15, 0.2) is 8.07 Å². The lowest BCUT2D eigenvalue weighted by atomic mass is 10.1. The highest BCUT2D eigenvalue weighted by atomic mass is 32.2. The van der Waals surface area contributed by atoms with Crippen molar-refractivity contribution in [1.82, 2.24) is 0 Å². The summed E-state index contributed by atoms with van der Waals surface area (Å²) < 4.78 is 0. The first-order valence-corrected chi connectivity index (χ1v) is 15.0. The topological polar surface area (TPSA) is 0 Å². The number of fused-ring (bicyclic) bond motifs is 3. The first-order valence-electron chi connectivity index (χ1n) is 11.8. The van der Waals surface area contributed by atoms with Crippen LogP contribution in [-0.4, -0.2) is 14.3 Å². The van der Waals surface area contributed by atoms with E-state index in [9.17, 15) is 0 Å². The normalized spacial score (nSPS) is 12.3. The van der Waals surface area contributed by atoms with Gasteiger partial charge in [0, 0.05) is 4.90 Å². The van der Waals surface area contributed by atoms with Gasteiger partial charge in [0.2, 0.25) is 0 Å². The third-order valence-corrected chi connectivity index (χ3v) is 12.7. The SMILES string of the molecule is CSc1ccc2c(c1)-c1cc([Si](c3ccccc3)(c3ccccc3)c3ccccc3)ccc1C2. The fraction of sp³-hybridized carbons (Fsp3) is 0.0625. The minimum absolute atomic E-state index is 1.02. The Morgan fingerprint density at radius 3 is 1.47 bits per heavy atom. The van der Waals surface area contributed by atoms with E-state index in [1.165, 1.54) is 47.9 Å². The number of hydrogen-bond donors (Lipinski definition) is 0. The molecule has 0 radical (unpaired) electrons. The van der Waals surface area contributed by atoms with Crippen LogP contribution in [0.4, 0.5) is 0 Å². The Labute approximate surface area is 207 Å². The maximum atomic E-state index is 2.52. The van der Waals surface area contributed by atoms with Gasteiger partial charge in [-0.05, 0) is 67.8 Å². The summed E-state index contributed by atoms with van der Waals surface area (Å²) in [5, 5.41) is 5.70. The van der Waals surface area contributed by atoms with Gasteiger partial charge in [-0.1, -0.05) is 115 Å². The molecule has 2 heteroatoms. The Kier molecular flexibility index (Phi) is 5.48. The van der Waals surface area contributed by atoms with Crippen molar-refractivity contribution in [2.24, 2.45) is 0 Å². The van der Waals surface area contributed by atoms with Crippen LogP contribution in [0, 0.1) is 0 Å². The minimum Gasteiger partial charge on any atom is -0.130 e. The van der Waals surface area contributed by atoms with Crippen molar-refractivity contribution >= 4 is 40.6 Å². The standard InChI is InChI=1S/C32H26SSi/c1-33-26-19-17-24-21-25-18-20-30(23-32(25)31(24)22-26)34(27-11-5-2-6-12-27,28-13-7-3-8-14-28)29-15-9-4-10-16-29/h2-20,22-23H,21H2,1H3. The highest BCUT2D eigenvalue weighted by Crippen LogP contribution is 2.38. The third kappa shape index (κ3) is 3.37. The molecule has 5 aromatic rings. The maximum absolute atomic E-state index is 2.52. The van der Waals surface area contributed by atoms with E-state index >= 15 is 0 Å². The van der Waals surface area contributed by atoms with E-state index in [-0.39, 0.29) is 0 Å². The van der Waals surface area contributed by atoms with Gasteiger partial charge >= 0.3 is 0 Å². The van der Waals surface area contributed by atoms with Gasteiger partial charge in [0.1, 0.15) is 0 Å². The average Bonchev–Trinajstić information content (AvgIpc) is 3.28. The summed E-state index contributed by atoms with van der Waals surface area (Å²) in [6.45, 7) is 0. The molecule has 0 amide bonds. The Morgan fingerprint density at radius 1 is 0.500 bits per heavy atom. The van der Waals surface area contributed by atoms with Crippen LogP contribution in [0.5, 0.6) is 0 Å². The first-order chi connectivity index (χ1) is 16.8. The quantitative estimate of drug-likeness (QED) is 0.186. The fourth-order valence-corrected chi connectivity index (χ4v) is 10.8. The zero-order valence-corrected chi connectivity index (χ0v) is 21.1. The van der Waals surface area contributed by atoms with Crippen LogP contribution < -0.4 is 20.7 Å². The van der Waals surface area contributed by atoms with E-state index in [2.05, 4.69) is 134 Å². The molecule has 1 aliphatic carbocycles. The van der Waals surface area contributed by atoms with Gasteiger partial charge in [-0.15, -0.1) is 11.8 Å². The molecular weight excluding hydrogens is 445 g/mol. The summed E-state index contributed by atoms with van der Waals surface area (Å²) in [5.74, 6) is 0. The number of benzene rings is 5. The summed E-state index contributed by atoms with van der Waals surface area (Å²) in [7, 11) is -2.49. The molecule has 0 unspecified atom stereocenters. The van der Waals surface area contributed by atoms with Crippen LogP contribution in [0.2, 0.25) is 0 Å². The van der Waals surface area contributed by atoms with E-state index in [1.54, 1.807) is 0 Å². The van der Waals surface area contributed by atoms with Crippen LogP contribution in [-0.2, 0) is 6.42 Å². The van der Waals surface area contributed by atoms with Gasteiger partial charge < -0.3 is 0 Å². The Hall–Kier alpha value is -3.33. The molecule has 5 aromatic carbocycles. The third-order valence-electron chi connectivity index (χ3n) is 7.15.